The van der Waals surface area contributed by atoms with Crippen molar-refractivity contribution in [2.24, 2.45) is 5.92 Å². The van der Waals surface area contributed by atoms with E-state index in [0.717, 1.165) is 29.7 Å². The zero-order valence-corrected chi connectivity index (χ0v) is 13.0. The molecule has 3 heteroatoms. The van der Waals surface area contributed by atoms with Crippen LogP contribution in [-0.4, -0.2) is 17.7 Å². The molecule has 0 bridgehead atoms. The maximum absolute atomic E-state index is 11.0. The number of aliphatic carboxylic acids is 1. The van der Waals surface area contributed by atoms with Crippen molar-refractivity contribution in [3.05, 3.63) is 29.3 Å². The first kappa shape index (κ1) is 16.5. The lowest BCUT2D eigenvalue weighted by Gasteiger charge is -2.18. The highest BCUT2D eigenvalue weighted by atomic mass is 16.5. The Kier molecular flexibility index (Phi) is 6.56. The molecule has 1 unspecified atom stereocenters. The number of aryl methyl sites for hydroxylation is 1. The monoisotopic (exact) mass is 278 g/mol. The minimum absolute atomic E-state index is 0.0941. The first-order valence-electron chi connectivity index (χ1n) is 7.39. The van der Waals surface area contributed by atoms with Crippen molar-refractivity contribution in [2.75, 3.05) is 6.61 Å². The number of carbonyl (C=O) groups is 1. The normalized spacial score (nSPS) is 12.4. The molecule has 0 saturated heterocycles. The summed E-state index contributed by atoms with van der Waals surface area (Å²) in [6, 6.07) is 5.99. The third-order valence-corrected chi connectivity index (χ3v) is 3.32. The number of hydrogen-bond acceptors (Lipinski definition) is 2. The van der Waals surface area contributed by atoms with E-state index in [1.165, 1.54) is 0 Å². The van der Waals surface area contributed by atoms with E-state index >= 15 is 0 Å². The quantitative estimate of drug-likeness (QED) is 0.767. The molecular weight excluding hydrogens is 252 g/mol. The summed E-state index contributed by atoms with van der Waals surface area (Å²) >= 11 is 0. The summed E-state index contributed by atoms with van der Waals surface area (Å²) in [4.78, 5) is 11.0. The van der Waals surface area contributed by atoms with E-state index in [0.29, 0.717) is 12.5 Å². The molecule has 0 spiro atoms. The van der Waals surface area contributed by atoms with Gasteiger partial charge in [-0.1, -0.05) is 33.3 Å². The summed E-state index contributed by atoms with van der Waals surface area (Å²) < 4.78 is 5.71. The number of carboxylic acid groups (broad SMARTS) is 1. The first-order chi connectivity index (χ1) is 9.43. The molecule has 3 nitrogen and oxygen atoms in total. The summed E-state index contributed by atoms with van der Waals surface area (Å²) in [7, 11) is 0. The van der Waals surface area contributed by atoms with Crippen LogP contribution in [0.2, 0.25) is 0 Å². The van der Waals surface area contributed by atoms with Crippen LogP contribution in [0.3, 0.4) is 0 Å². The summed E-state index contributed by atoms with van der Waals surface area (Å²) in [5.41, 5.74) is 2.25. The van der Waals surface area contributed by atoms with Crippen molar-refractivity contribution in [3.63, 3.8) is 0 Å². The Morgan fingerprint density at radius 1 is 1.35 bits per heavy atom. The molecule has 1 atom stereocenters. The van der Waals surface area contributed by atoms with Crippen LogP contribution in [0.15, 0.2) is 18.2 Å². The highest BCUT2D eigenvalue weighted by molar-refractivity contribution is 5.68. The van der Waals surface area contributed by atoms with E-state index in [1.807, 2.05) is 25.1 Å². The fraction of sp³-hybridized carbons (Fsp3) is 0.588. The Bertz CT molecular complexity index is 438. The predicted molar refractivity (Wildman–Crippen MR) is 81.4 cm³/mol. The van der Waals surface area contributed by atoms with Gasteiger partial charge in [0.25, 0.3) is 0 Å². The Labute approximate surface area is 122 Å². The van der Waals surface area contributed by atoms with E-state index in [4.69, 9.17) is 9.84 Å². The van der Waals surface area contributed by atoms with Crippen molar-refractivity contribution in [3.8, 4) is 5.75 Å². The van der Waals surface area contributed by atoms with Gasteiger partial charge in [-0.3, -0.25) is 4.79 Å². The molecule has 1 aromatic rings. The highest BCUT2D eigenvalue weighted by Gasteiger charge is 2.17. The second-order valence-electron chi connectivity index (χ2n) is 5.81. The second-order valence-corrected chi connectivity index (χ2v) is 5.81. The molecule has 0 fully saturated rings. The zero-order valence-electron chi connectivity index (χ0n) is 13.0. The Balaban J connectivity index is 2.85. The minimum Gasteiger partial charge on any atom is -0.493 e. The third kappa shape index (κ3) is 5.24. The van der Waals surface area contributed by atoms with Gasteiger partial charge in [-0.05, 0) is 48.4 Å². The van der Waals surface area contributed by atoms with Gasteiger partial charge in [0.1, 0.15) is 5.75 Å². The number of carboxylic acids is 1. The van der Waals surface area contributed by atoms with Crippen LogP contribution >= 0.6 is 0 Å². The molecule has 0 amide bonds. The number of rotatable bonds is 8. The first-order valence-corrected chi connectivity index (χ1v) is 7.39. The minimum atomic E-state index is -0.733. The van der Waals surface area contributed by atoms with Crippen molar-refractivity contribution in [2.45, 2.75) is 52.9 Å². The summed E-state index contributed by atoms with van der Waals surface area (Å²) in [6.45, 7) is 9.05. The van der Waals surface area contributed by atoms with E-state index in [2.05, 4.69) is 20.8 Å². The van der Waals surface area contributed by atoms with Crippen LogP contribution in [0.1, 0.15) is 57.1 Å². The van der Waals surface area contributed by atoms with Crippen LogP contribution in [0.5, 0.6) is 5.75 Å². The van der Waals surface area contributed by atoms with Gasteiger partial charge >= 0.3 is 5.97 Å². The molecule has 0 aliphatic rings. The fourth-order valence-corrected chi connectivity index (χ4v) is 2.39. The van der Waals surface area contributed by atoms with Gasteiger partial charge in [0.15, 0.2) is 0 Å². The number of hydrogen-bond donors (Lipinski definition) is 1. The van der Waals surface area contributed by atoms with Crippen LogP contribution in [0.4, 0.5) is 0 Å². The van der Waals surface area contributed by atoms with E-state index in [9.17, 15) is 4.79 Å². The largest absolute Gasteiger partial charge is 0.493 e. The van der Waals surface area contributed by atoms with Gasteiger partial charge in [-0.25, -0.2) is 0 Å². The fourth-order valence-electron chi connectivity index (χ4n) is 2.39. The molecule has 1 rings (SSSR count). The second kappa shape index (κ2) is 7.93. The smallest absolute Gasteiger partial charge is 0.303 e. The van der Waals surface area contributed by atoms with Gasteiger partial charge in [0.2, 0.25) is 0 Å². The lowest BCUT2D eigenvalue weighted by molar-refractivity contribution is -0.137. The van der Waals surface area contributed by atoms with Gasteiger partial charge in [0, 0.05) is 0 Å². The van der Waals surface area contributed by atoms with Gasteiger partial charge in [-0.15, -0.1) is 0 Å². The van der Waals surface area contributed by atoms with Crippen LogP contribution in [-0.2, 0) is 4.79 Å². The molecule has 1 N–H and O–H groups in total. The van der Waals surface area contributed by atoms with Gasteiger partial charge < -0.3 is 9.84 Å². The molecule has 112 valence electrons. The van der Waals surface area contributed by atoms with Crippen molar-refractivity contribution >= 4 is 5.97 Å². The van der Waals surface area contributed by atoms with Gasteiger partial charge in [0.05, 0.1) is 13.0 Å². The highest BCUT2D eigenvalue weighted by Crippen LogP contribution is 2.30. The van der Waals surface area contributed by atoms with Gasteiger partial charge in [-0.2, -0.15) is 0 Å². The third-order valence-electron chi connectivity index (χ3n) is 3.32. The molecule has 0 saturated carbocycles. The average molecular weight is 278 g/mol. The van der Waals surface area contributed by atoms with Crippen LogP contribution in [0, 0.1) is 12.8 Å². The maximum atomic E-state index is 11.0. The molecule has 0 aliphatic carbocycles. The number of ether oxygens (including phenoxy) is 1. The van der Waals surface area contributed by atoms with Crippen LogP contribution in [0.25, 0.3) is 0 Å². The Morgan fingerprint density at radius 3 is 2.55 bits per heavy atom. The molecule has 0 aromatic heterocycles. The van der Waals surface area contributed by atoms with Crippen molar-refractivity contribution in [1.82, 2.24) is 0 Å². The lowest BCUT2D eigenvalue weighted by Crippen LogP contribution is -2.09. The SMILES string of the molecule is CCCC(CC(=O)O)c1ccc(OCC(C)C)cc1C. The standard InChI is InChI=1S/C17H26O3/c1-5-6-14(10-17(18)19)16-8-7-15(9-13(16)4)20-11-12(2)3/h7-9,12,14H,5-6,10-11H2,1-4H3,(H,18,19). The number of benzene rings is 1. The van der Waals surface area contributed by atoms with Crippen molar-refractivity contribution in [1.29, 1.82) is 0 Å². The average Bonchev–Trinajstić information content (AvgIpc) is 2.35. The predicted octanol–water partition coefficient (Wildman–Crippen LogP) is 4.39. The topological polar surface area (TPSA) is 46.5 Å². The van der Waals surface area contributed by atoms with E-state index in [-0.39, 0.29) is 12.3 Å². The maximum Gasteiger partial charge on any atom is 0.303 e. The summed E-state index contributed by atoms with van der Waals surface area (Å²) in [6.07, 6.45) is 2.09. The van der Waals surface area contributed by atoms with E-state index in [1.54, 1.807) is 0 Å². The molecule has 1 aromatic carbocycles. The van der Waals surface area contributed by atoms with Crippen molar-refractivity contribution < 1.29 is 14.6 Å². The zero-order chi connectivity index (χ0) is 15.1. The summed E-state index contributed by atoms with van der Waals surface area (Å²) in [5, 5.41) is 9.04. The Hall–Kier alpha value is -1.51. The molecular formula is C17H26O3. The summed E-state index contributed by atoms with van der Waals surface area (Å²) in [5.74, 6) is 0.722. The van der Waals surface area contributed by atoms with Crippen LogP contribution < -0.4 is 4.74 Å². The molecule has 20 heavy (non-hydrogen) atoms. The lowest BCUT2D eigenvalue weighted by atomic mass is 9.88. The molecule has 0 radical (unpaired) electrons. The molecule has 0 heterocycles. The van der Waals surface area contributed by atoms with E-state index < -0.39 is 5.97 Å². The molecule has 0 aliphatic heterocycles. The Morgan fingerprint density at radius 2 is 2.05 bits per heavy atom.